The highest BCUT2D eigenvalue weighted by Crippen LogP contribution is 2.12. The second kappa shape index (κ2) is 5.88. The zero-order valence-electron chi connectivity index (χ0n) is 11.8. The van der Waals surface area contributed by atoms with Crippen LogP contribution < -0.4 is 11.1 Å². The summed E-state index contributed by atoms with van der Waals surface area (Å²) >= 11 is 0. The van der Waals surface area contributed by atoms with Crippen LogP contribution in [0.3, 0.4) is 0 Å². The summed E-state index contributed by atoms with van der Waals surface area (Å²) in [4.78, 5) is 12.0. The summed E-state index contributed by atoms with van der Waals surface area (Å²) in [5, 5.41) is 7.03. The number of carbonyl (C=O) groups is 1. The minimum absolute atomic E-state index is 0.195. The van der Waals surface area contributed by atoms with Crippen LogP contribution in [0, 0.1) is 0 Å². The van der Waals surface area contributed by atoms with Gasteiger partial charge < -0.3 is 11.1 Å². The van der Waals surface area contributed by atoms with Crippen LogP contribution in [-0.2, 0) is 11.3 Å². The Morgan fingerprint density at radius 2 is 2.10 bits per heavy atom. The number of hydrogen-bond acceptors (Lipinski definition) is 3. The van der Waals surface area contributed by atoms with Crippen LogP contribution in [0.25, 0.3) is 0 Å². The van der Waals surface area contributed by atoms with Crippen molar-refractivity contribution in [3.8, 4) is 0 Å². The minimum Gasteiger partial charge on any atom is -0.322 e. The molecule has 0 radical (unpaired) electrons. The standard InChI is InChI=1S/C15H20N4O/c1-3-15(2,16)14(20)18-13-9-17-19(11-13)10-12-7-5-4-6-8-12/h4-9,11H,3,10,16H2,1-2H3,(H,18,20). The van der Waals surface area contributed by atoms with Gasteiger partial charge in [0.05, 0.1) is 24.0 Å². The molecule has 0 aliphatic heterocycles. The summed E-state index contributed by atoms with van der Waals surface area (Å²) in [6.45, 7) is 4.28. The highest BCUT2D eigenvalue weighted by Gasteiger charge is 2.26. The number of carbonyl (C=O) groups excluding carboxylic acids is 1. The molecule has 0 spiro atoms. The number of nitrogens with two attached hydrogens (primary N) is 1. The van der Waals surface area contributed by atoms with Gasteiger partial charge in [-0.25, -0.2) is 0 Å². The van der Waals surface area contributed by atoms with Gasteiger partial charge in [-0.15, -0.1) is 0 Å². The quantitative estimate of drug-likeness (QED) is 0.874. The Kier molecular flexibility index (Phi) is 4.20. The third-order valence-corrected chi connectivity index (χ3v) is 3.33. The molecule has 0 bridgehead atoms. The molecule has 5 heteroatoms. The van der Waals surface area contributed by atoms with Gasteiger partial charge >= 0.3 is 0 Å². The molecular weight excluding hydrogens is 252 g/mol. The maximum absolute atomic E-state index is 12.0. The first kappa shape index (κ1) is 14.3. The summed E-state index contributed by atoms with van der Waals surface area (Å²) in [5.41, 5.74) is 6.86. The Morgan fingerprint density at radius 3 is 2.75 bits per heavy atom. The Hall–Kier alpha value is -2.14. The fourth-order valence-corrected chi connectivity index (χ4v) is 1.72. The summed E-state index contributed by atoms with van der Waals surface area (Å²) in [7, 11) is 0. The van der Waals surface area contributed by atoms with E-state index in [9.17, 15) is 4.79 Å². The topological polar surface area (TPSA) is 72.9 Å². The largest absolute Gasteiger partial charge is 0.322 e. The van der Waals surface area contributed by atoms with Gasteiger partial charge in [0.2, 0.25) is 5.91 Å². The summed E-state index contributed by atoms with van der Waals surface area (Å²) in [5.74, 6) is -0.195. The number of benzene rings is 1. The molecule has 1 amide bonds. The van der Waals surface area contributed by atoms with E-state index in [-0.39, 0.29) is 5.91 Å². The van der Waals surface area contributed by atoms with E-state index >= 15 is 0 Å². The van der Waals surface area contributed by atoms with Crippen molar-refractivity contribution in [2.45, 2.75) is 32.4 Å². The molecule has 2 aromatic rings. The van der Waals surface area contributed by atoms with Crippen molar-refractivity contribution >= 4 is 11.6 Å². The fraction of sp³-hybridized carbons (Fsp3) is 0.333. The van der Waals surface area contributed by atoms with Gasteiger partial charge in [0, 0.05) is 6.20 Å². The van der Waals surface area contributed by atoms with Crippen LogP contribution in [0.4, 0.5) is 5.69 Å². The van der Waals surface area contributed by atoms with Gasteiger partial charge in [0.25, 0.3) is 0 Å². The molecule has 5 nitrogen and oxygen atoms in total. The predicted octanol–water partition coefficient (Wildman–Crippen LogP) is 2.00. The van der Waals surface area contributed by atoms with E-state index in [0.717, 1.165) is 5.56 Å². The third kappa shape index (κ3) is 3.45. The lowest BCUT2D eigenvalue weighted by Gasteiger charge is -2.20. The van der Waals surface area contributed by atoms with Gasteiger partial charge in [-0.05, 0) is 18.9 Å². The molecule has 0 fully saturated rings. The molecule has 1 heterocycles. The zero-order chi connectivity index (χ0) is 14.6. The van der Waals surface area contributed by atoms with Crippen molar-refractivity contribution in [2.75, 3.05) is 5.32 Å². The number of amides is 1. The van der Waals surface area contributed by atoms with Crippen molar-refractivity contribution < 1.29 is 4.79 Å². The third-order valence-electron chi connectivity index (χ3n) is 3.33. The molecule has 3 N–H and O–H groups in total. The normalized spacial score (nSPS) is 13.8. The van der Waals surface area contributed by atoms with Crippen LogP contribution in [0.15, 0.2) is 42.7 Å². The van der Waals surface area contributed by atoms with Crippen molar-refractivity contribution in [3.63, 3.8) is 0 Å². The van der Waals surface area contributed by atoms with E-state index in [2.05, 4.69) is 10.4 Å². The SMILES string of the molecule is CCC(C)(N)C(=O)Nc1cnn(Cc2ccccc2)c1. The molecule has 20 heavy (non-hydrogen) atoms. The highest BCUT2D eigenvalue weighted by atomic mass is 16.2. The summed E-state index contributed by atoms with van der Waals surface area (Å²) in [6.07, 6.45) is 4.01. The molecule has 1 aromatic heterocycles. The van der Waals surface area contributed by atoms with Crippen molar-refractivity contribution in [2.24, 2.45) is 5.73 Å². The minimum atomic E-state index is -0.860. The monoisotopic (exact) mass is 272 g/mol. The van der Waals surface area contributed by atoms with Crippen LogP contribution in [0.5, 0.6) is 0 Å². The molecular formula is C15H20N4O. The molecule has 0 aliphatic carbocycles. The second-order valence-electron chi connectivity index (χ2n) is 5.14. The van der Waals surface area contributed by atoms with Crippen LogP contribution >= 0.6 is 0 Å². The van der Waals surface area contributed by atoms with E-state index < -0.39 is 5.54 Å². The zero-order valence-corrected chi connectivity index (χ0v) is 11.8. The molecule has 0 saturated carbocycles. The van der Waals surface area contributed by atoms with Gasteiger partial charge in [0.15, 0.2) is 0 Å². The van der Waals surface area contributed by atoms with E-state index in [4.69, 9.17) is 5.73 Å². The Morgan fingerprint density at radius 1 is 1.40 bits per heavy atom. The molecule has 1 unspecified atom stereocenters. The maximum atomic E-state index is 12.0. The Labute approximate surface area is 118 Å². The lowest BCUT2D eigenvalue weighted by Crippen LogP contribution is -2.47. The highest BCUT2D eigenvalue weighted by molar-refractivity contribution is 5.97. The summed E-state index contributed by atoms with van der Waals surface area (Å²) < 4.78 is 1.78. The van der Waals surface area contributed by atoms with Crippen molar-refractivity contribution in [1.82, 2.24) is 9.78 Å². The average Bonchev–Trinajstić information content (AvgIpc) is 2.87. The Bertz CT molecular complexity index is 575. The number of nitrogens with zero attached hydrogens (tertiary/aromatic N) is 2. The maximum Gasteiger partial charge on any atom is 0.244 e. The summed E-state index contributed by atoms with van der Waals surface area (Å²) in [6, 6.07) is 10.0. The van der Waals surface area contributed by atoms with Crippen molar-refractivity contribution in [3.05, 3.63) is 48.3 Å². The number of aromatic nitrogens is 2. The smallest absolute Gasteiger partial charge is 0.244 e. The molecule has 0 aliphatic rings. The van der Waals surface area contributed by atoms with E-state index in [1.54, 1.807) is 24.0 Å². The van der Waals surface area contributed by atoms with Crippen molar-refractivity contribution in [1.29, 1.82) is 0 Å². The van der Waals surface area contributed by atoms with Gasteiger partial charge in [-0.3, -0.25) is 9.48 Å². The van der Waals surface area contributed by atoms with Gasteiger partial charge in [0.1, 0.15) is 0 Å². The van der Waals surface area contributed by atoms with Crippen LogP contribution in [0.2, 0.25) is 0 Å². The molecule has 106 valence electrons. The number of rotatable bonds is 5. The van der Waals surface area contributed by atoms with E-state index in [1.807, 2.05) is 37.3 Å². The number of nitrogens with one attached hydrogen (secondary N) is 1. The van der Waals surface area contributed by atoms with Gasteiger partial charge in [-0.2, -0.15) is 5.10 Å². The predicted molar refractivity (Wildman–Crippen MR) is 79.3 cm³/mol. The fourth-order valence-electron chi connectivity index (χ4n) is 1.72. The van der Waals surface area contributed by atoms with Crippen LogP contribution in [0.1, 0.15) is 25.8 Å². The second-order valence-corrected chi connectivity index (χ2v) is 5.14. The van der Waals surface area contributed by atoms with E-state index in [1.165, 1.54) is 0 Å². The molecule has 0 saturated heterocycles. The van der Waals surface area contributed by atoms with Gasteiger partial charge in [-0.1, -0.05) is 37.3 Å². The van der Waals surface area contributed by atoms with E-state index in [0.29, 0.717) is 18.7 Å². The molecule has 1 atom stereocenters. The lowest BCUT2D eigenvalue weighted by molar-refractivity contribution is -0.120. The number of hydrogen-bond donors (Lipinski definition) is 2. The first-order chi connectivity index (χ1) is 9.51. The molecule has 1 aromatic carbocycles. The Balaban J connectivity index is 2.01. The number of anilines is 1. The first-order valence-corrected chi connectivity index (χ1v) is 6.68. The lowest BCUT2D eigenvalue weighted by atomic mass is 9.99. The van der Waals surface area contributed by atoms with Crippen LogP contribution in [-0.4, -0.2) is 21.2 Å². The average molecular weight is 272 g/mol. The first-order valence-electron chi connectivity index (χ1n) is 6.68. The molecule has 2 rings (SSSR count).